The topological polar surface area (TPSA) is 394 Å². The Morgan fingerprint density at radius 1 is 0.952 bits per heavy atom. The van der Waals surface area contributed by atoms with Crippen LogP contribution in [0.25, 0.3) is 0 Å². The van der Waals surface area contributed by atoms with Gasteiger partial charge in [0.1, 0.15) is 29.9 Å². The largest absolute Gasteiger partial charge is 0.490 e. The van der Waals surface area contributed by atoms with Crippen LogP contribution in [-0.4, -0.2) is 108 Å². The molecule has 2 aliphatic heterocycles. The zero-order chi connectivity index (χ0) is 46.0. The fraction of sp³-hybridized carbons (Fsp3) is 0.545. The predicted molar refractivity (Wildman–Crippen MR) is 212 cm³/mol. The maximum Gasteiger partial charge on any atom is 0.490 e. The lowest BCUT2D eigenvalue weighted by Gasteiger charge is -2.19. The second kappa shape index (κ2) is 21.8. The average Bonchev–Trinajstić information content (AvgIpc) is 3.94. The lowest BCUT2D eigenvalue weighted by molar-refractivity contribution is -0.121. The summed E-state index contributed by atoms with van der Waals surface area (Å²) < 4.78 is 61.1. The van der Waals surface area contributed by atoms with Gasteiger partial charge in [0.25, 0.3) is 5.56 Å². The van der Waals surface area contributed by atoms with Crippen molar-refractivity contribution in [3.8, 4) is 23.7 Å². The minimum absolute atomic E-state index is 0.0545. The number of nitrogens with two attached hydrogens (primary N) is 1. The Bertz CT molecular complexity index is 2570. The smallest absolute Gasteiger partial charge is 0.394 e. The minimum Gasteiger partial charge on any atom is -0.394 e. The number of ether oxygens (including phenoxy) is 2. The van der Waals surface area contributed by atoms with Crippen LogP contribution in [0.3, 0.4) is 0 Å². The quantitative estimate of drug-likeness (QED) is 0.0381. The third kappa shape index (κ3) is 15.2. The standard InChI is InChI=1S/C33H44N9O18P3/c34-30-21(16-42(32(47)36-30)29-15-25(44)26(58-29)20-56-62(52,53)60-63(54,55)59-61(49,50)51)8-5-13-35-27(45)10-6-14-40-18-23(38-39-40)9-4-2-1-3-7-22-17-41(33(48)37-31(22)46)28-12-11-24(19-43)57-28/h16-18,24-26,28-29,43-44H,1-2,4,6,9-15,19-20H2,(H,35,45)(H,52,53)(H,54,55)(H2,34,36,47)(H,37,46,48)(H2,49,50,51)/t24-,25?,26+,28+,29+/m0/s1. The number of hydrogen-bond donors (Lipinski definition) is 9. The molecule has 2 aliphatic rings. The molecule has 5 rings (SSSR count). The maximum atomic E-state index is 12.6. The van der Waals surface area contributed by atoms with Crippen molar-refractivity contribution in [1.29, 1.82) is 0 Å². The Hall–Kier alpha value is -4.66. The molecule has 2 saturated heterocycles. The summed E-state index contributed by atoms with van der Waals surface area (Å²) in [7, 11) is -16.9. The summed E-state index contributed by atoms with van der Waals surface area (Å²) in [6.07, 6.45) is 3.37. The summed E-state index contributed by atoms with van der Waals surface area (Å²) in [5.74, 6) is 10.6. The number of carbonyl (C=O) groups is 1. The van der Waals surface area contributed by atoms with Gasteiger partial charge >= 0.3 is 34.8 Å². The van der Waals surface area contributed by atoms with Gasteiger partial charge in [-0.2, -0.15) is 13.6 Å². The fourth-order valence-corrected chi connectivity index (χ4v) is 9.15. The third-order valence-corrected chi connectivity index (χ3v) is 12.9. The molecular weight excluding hydrogens is 903 g/mol. The molecule has 0 saturated carbocycles. The van der Waals surface area contributed by atoms with Crippen LogP contribution in [0.5, 0.6) is 0 Å². The Labute approximate surface area is 356 Å². The van der Waals surface area contributed by atoms with Crippen LogP contribution in [0.4, 0.5) is 5.82 Å². The highest BCUT2D eigenvalue weighted by molar-refractivity contribution is 7.66. The molecular formula is C33H44N9O18P3. The highest BCUT2D eigenvalue weighted by atomic mass is 31.3. The average molecular weight is 948 g/mol. The van der Waals surface area contributed by atoms with Crippen molar-refractivity contribution in [1.82, 2.24) is 39.4 Å². The number of hydrogen-bond acceptors (Lipinski definition) is 18. The Balaban J connectivity index is 1.00. The molecule has 0 bridgehead atoms. The first-order valence-corrected chi connectivity index (χ1v) is 23.5. The lowest BCUT2D eigenvalue weighted by atomic mass is 10.1. The van der Waals surface area contributed by atoms with Crippen LogP contribution in [-0.2, 0) is 54.1 Å². The number of aromatic amines is 1. The number of aryl methyl sites for hydroxylation is 2. The number of nitrogens with one attached hydrogen (secondary N) is 2. The van der Waals surface area contributed by atoms with Crippen molar-refractivity contribution in [2.75, 3.05) is 25.5 Å². The van der Waals surface area contributed by atoms with Gasteiger partial charge < -0.3 is 50.3 Å². The van der Waals surface area contributed by atoms with Gasteiger partial charge in [-0.3, -0.25) is 32.9 Å². The Morgan fingerprint density at radius 3 is 2.43 bits per heavy atom. The second-order valence-electron chi connectivity index (χ2n) is 13.9. The van der Waals surface area contributed by atoms with Gasteiger partial charge in [-0.1, -0.05) is 28.9 Å². The van der Waals surface area contributed by atoms with Crippen molar-refractivity contribution >= 4 is 35.2 Å². The van der Waals surface area contributed by atoms with Crippen molar-refractivity contribution in [2.24, 2.45) is 0 Å². The molecule has 0 spiro atoms. The van der Waals surface area contributed by atoms with E-state index in [0.717, 1.165) is 16.7 Å². The molecule has 344 valence electrons. The molecule has 1 amide bonds. The van der Waals surface area contributed by atoms with E-state index in [4.69, 9.17) is 25.0 Å². The van der Waals surface area contributed by atoms with E-state index in [0.29, 0.717) is 45.1 Å². The number of rotatable bonds is 19. The molecule has 63 heavy (non-hydrogen) atoms. The van der Waals surface area contributed by atoms with E-state index in [1.54, 1.807) is 10.9 Å². The molecule has 27 nitrogen and oxygen atoms in total. The minimum atomic E-state index is -5.77. The Kier molecular flexibility index (Phi) is 17.1. The zero-order valence-corrected chi connectivity index (χ0v) is 35.7. The molecule has 30 heteroatoms. The molecule has 5 heterocycles. The number of phosphoric acid groups is 3. The lowest BCUT2D eigenvalue weighted by Crippen LogP contribution is -2.33. The predicted octanol–water partition coefficient (Wildman–Crippen LogP) is -1.36. The molecule has 0 radical (unpaired) electrons. The number of amides is 1. The monoisotopic (exact) mass is 947 g/mol. The van der Waals surface area contributed by atoms with Crippen LogP contribution in [0.2, 0.25) is 0 Å². The van der Waals surface area contributed by atoms with Gasteiger partial charge in [0.15, 0.2) is 0 Å². The SMILES string of the molecule is Nc1nc(=O)n([C@H]2CC(O)[C@@H](COP(=O)(O)OP(=O)(O)OP(=O)(O)O)O2)cc1C#CCNC(=O)CCCn1cc(CCCCC#Cc2cn([C@H]3CC[C@@H](CO)O3)c(=O)[nH]c2=O)nn1. The van der Waals surface area contributed by atoms with Crippen LogP contribution in [0.15, 0.2) is 33.0 Å². The van der Waals surface area contributed by atoms with E-state index >= 15 is 0 Å². The molecule has 3 unspecified atom stereocenters. The number of aliphatic hydroxyl groups excluding tert-OH is 2. The molecule has 0 aromatic carbocycles. The number of aromatic nitrogens is 7. The van der Waals surface area contributed by atoms with Crippen molar-refractivity contribution < 1.29 is 70.9 Å². The molecule has 0 aliphatic carbocycles. The van der Waals surface area contributed by atoms with Gasteiger partial charge in [0.05, 0.1) is 43.2 Å². The summed E-state index contributed by atoms with van der Waals surface area (Å²) >= 11 is 0. The first-order chi connectivity index (χ1) is 29.7. The van der Waals surface area contributed by atoms with Gasteiger partial charge in [0, 0.05) is 44.4 Å². The van der Waals surface area contributed by atoms with Gasteiger partial charge in [0.2, 0.25) is 5.91 Å². The summed E-state index contributed by atoms with van der Waals surface area (Å²) in [5.41, 5.74) is 4.70. The van der Waals surface area contributed by atoms with E-state index in [9.17, 15) is 52.9 Å². The van der Waals surface area contributed by atoms with Crippen LogP contribution < -0.4 is 28.0 Å². The van der Waals surface area contributed by atoms with Gasteiger partial charge in [-0.25, -0.2) is 23.3 Å². The number of unbranched alkanes of at least 4 members (excludes halogenated alkanes) is 2. The molecule has 7 atom stereocenters. The van der Waals surface area contributed by atoms with Crippen molar-refractivity contribution in [3.05, 3.63) is 66.7 Å². The molecule has 2 fully saturated rings. The maximum absolute atomic E-state index is 12.6. The van der Waals surface area contributed by atoms with E-state index in [-0.39, 0.29) is 54.9 Å². The van der Waals surface area contributed by atoms with Crippen molar-refractivity contribution in [3.63, 3.8) is 0 Å². The number of H-pyrrole nitrogens is 1. The second-order valence-corrected chi connectivity index (χ2v) is 18.3. The summed E-state index contributed by atoms with van der Waals surface area (Å²) in [4.78, 5) is 91.7. The summed E-state index contributed by atoms with van der Waals surface area (Å²) in [6, 6.07) is 0. The number of nitrogens with zero attached hydrogens (tertiary/aromatic N) is 6. The zero-order valence-electron chi connectivity index (χ0n) is 33.0. The highest BCUT2D eigenvalue weighted by Gasteiger charge is 2.43. The molecule has 3 aromatic rings. The number of nitrogen functional groups attached to an aromatic ring is 1. The number of anilines is 1. The van der Waals surface area contributed by atoms with E-state index in [2.05, 4.69) is 62.4 Å². The van der Waals surface area contributed by atoms with Crippen LogP contribution in [0.1, 0.15) is 80.6 Å². The first-order valence-electron chi connectivity index (χ1n) is 19.0. The molecule has 10 N–H and O–H groups in total. The van der Waals surface area contributed by atoms with E-state index in [1.165, 1.54) is 17.0 Å². The fourth-order valence-electron chi connectivity index (χ4n) is 6.12. The van der Waals surface area contributed by atoms with E-state index in [1.807, 2.05) is 0 Å². The highest BCUT2D eigenvalue weighted by Crippen LogP contribution is 2.66. The number of aliphatic hydroxyl groups is 2. The summed E-state index contributed by atoms with van der Waals surface area (Å²) in [5, 5.41) is 30.6. The van der Waals surface area contributed by atoms with Crippen LogP contribution >= 0.6 is 23.5 Å². The third-order valence-electron chi connectivity index (χ3n) is 9.06. The normalized spacial score (nSPS) is 21.7. The Morgan fingerprint density at radius 2 is 1.70 bits per heavy atom. The van der Waals surface area contributed by atoms with Gasteiger partial charge in [-0.15, -0.1) is 5.10 Å². The van der Waals surface area contributed by atoms with E-state index < -0.39 is 71.7 Å². The first kappa shape index (κ1) is 49.4. The van der Waals surface area contributed by atoms with Gasteiger partial charge in [-0.05, 0) is 38.5 Å². The number of phosphoric ester groups is 1. The summed E-state index contributed by atoms with van der Waals surface area (Å²) in [6.45, 7) is -0.787. The number of carbonyl (C=O) groups excluding carboxylic acids is 1. The molecule has 3 aromatic heterocycles. The van der Waals surface area contributed by atoms with Crippen LogP contribution in [0, 0.1) is 23.7 Å². The van der Waals surface area contributed by atoms with Crippen molar-refractivity contribution in [2.45, 2.75) is 95.1 Å².